The van der Waals surface area contributed by atoms with Crippen molar-refractivity contribution in [1.82, 2.24) is 0 Å². The van der Waals surface area contributed by atoms with Gasteiger partial charge < -0.3 is 10.8 Å². The molecule has 0 saturated carbocycles. The van der Waals surface area contributed by atoms with E-state index in [0.717, 1.165) is 0 Å². The summed E-state index contributed by atoms with van der Waals surface area (Å²) in [6.45, 7) is 0. The van der Waals surface area contributed by atoms with Crippen molar-refractivity contribution in [2.75, 3.05) is 0 Å². The highest BCUT2D eigenvalue weighted by atomic mass is 79.9. The van der Waals surface area contributed by atoms with Crippen LogP contribution in [0.4, 0.5) is 5.69 Å². The Bertz CT molecular complexity index is 436. The Kier molecular flexibility index (Phi) is 3.97. The Morgan fingerprint density at radius 2 is 2.25 bits per heavy atom. The third kappa shape index (κ3) is 3.01. The summed E-state index contributed by atoms with van der Waals surface area (Å²) in [6, 6.07) is 3.37. The standard InChI is InChI=1S/C9H9BrN2O4/c10-5-1-2-8(12(15)16)6(3-5)7(11)4-9(13)14/h1-3,7H,4,11H2,(H,13,14). The topological polar surface area (TPSA) is 106 Å². The summed E-state index contributed by atoms with van der Waals surface area (Å²) in [5, 5.41) is 19.3. The number of nitro groups is 1. The van der Waals surface area contributed by atoms with E-state index in [4.69, 9.17) is 10.8 Å². The zero-order chi connectivity index (χ0) is 12.3. The number of carboxylic acid groups (broad SMARTS) is 1. The van der Waals surface area contributed by atoms with Crippen molar-refractivity contribution in [3.63, 3.8) is 0 Å². The van der Waals surface area contributed by atoms with Gasteiger partial charge in [0, 0.05) is 22.1 Å². The fourth-order valence-corrected chi connectivity index (χ4v) is 1.67. The Hall–Kier alpha value is -1.47. The SMILES string of the molecule is NC(CC(=O)O)c1cc(Br)ccc1[N+](=O)[O-]. The van der Waals surface area contributed by atoms with Crippen molar-refractivity contribution >= 4 is 27.6 Å². The zero-order valence-corrected chi connectivity index (χ0v) is 9.68. The first kappa shape index (κ1) is 12.6. The highest BCUT2D eigenvalue weighted by Crippen LogP contribution is 2.28. The molecule has 0 radical (unpaired) electrons. The molecule has 1 rings (SSSR count). The van der Waals surface area contributed by atoms with E-state index in [0.29, 0.717) is 4.47 Å². The molecular formula is C9H9BrN2O4. The Labute approximate surface area is 99.3 Å². The summed E-state index contributed by atoms with van der Waals surface area (Å²) >= 11 is 3.15. The van der Waals surface area contributed by atoms with Gasteiger partial charge in [-0.3, -0.25) is 14.9 Å². The second-order valence-electron chi connectivity index (χ2n) is 3.16. The van der Waals surface area contributed by atoms with Crippen LogP contribution in [-0.4, -0.2) is 16.0 Å². The molecule has 0 spiro atoms. The predicted octanol–water partition coefficient (Wildman–Crippen LogP) is 1.83. The summed E-state index contributed by atoms with van der Waals surface area (Å²) in [7, 11) is 0. The van der Waals surface area contributed by atoms with Gasteiger partial charge in [-0.2, -0.15) is 0 Å². The zero-order valence-electron chi connectivity index (χ0n) is 8.09. The van der Waals surface area contributed by atoms with E-state index in [9.17, 15) is 14.9 Å². The number of carboxylic acids is 1. The highest BCUT2D eigenvalue weighted by Gasteiger charge is 2.21. The van der Waals surface area contributed by atoms with E-state index in [-0.39, 0.29) is 17.7 Å². The molecule has 0 fully saturated rings. The molecule has 1 aromatic rings. The molecule has 0 heterocycles. The first-order valence-corrected chi connectivity index (χ1v) is 5.12. The molecule has 0 aliphatic heterocycles. The molecule has 0 aliphatic rings. The number of carbonyl (C=O) groups is 1. The third-order valence-electron chi connectivity index (χ3n) is 1.98. The predicted molar refractivity (Wildman–Crippen MR) is 60.0 cm³/mol. The molecule has 0 bridgehead atoms. The Morgan fingerprint density at radius 1 is 1.62 bits per heavy atom. The Balaban J connectivity index is 3.13. The molecule has 3 N–H and O–H groups in total. The van der Waals surface area contributed by atoms with Gasteiger partial charge in [-0.05, 0) is 12.1 Å². The maximum Gasteiger partial charge on any atom is 0.305 e. The van der Waals surface area contributed by atoms with Crippen molar-refractivity contribution in [3.05, 3.63) is 38.3 Å². The van der Waals surface area contributed by atoms with Gasteiger partial charge >= 0.3 is 5.97 Å². The summed E-state index contributed by atoms with van der Waals surface area (Å²) in [4.78, 5) is 20.6. The lowest BCUT2D eigenvalue weighted by Crippen LogP contribution is -2.16. The number of hydrogen-bond acceptors (Lipinski definition) is 4. The molecule has 0 aliphatic carbocycles. The number of benzene rings is 1. The lowest BCUT2D eigenvalue weighted by molar-refractivity contribution is -0.385. The van der Waals surface area contributed by atoms with Crippen LogP contribution in [0.15, 0.2) is 22.7 Å². The second-order valence-corrected chi connectivity index (χ2v) is 4.08. The fraction of sp³-hybridized carbons (Fsp3) is 0.222. The van der Waals surface area contributed by atoms with Crippen LogP contribution >= 0.6 is 15.9 Å². The van der Waals surface area contributed by atoms with Crippen LogP contribution in [-0.2, 0) is 4.79 Å². The van der Waals surface area contributed by atoms with Crippen LogP contribution in [0.25, 0.3) is 0 Å². The number of rotatable bonds is 4. The van der Waals surface area contributed by atoms with Gasteiger partial charge in [0.2, 0.25) is 0 Å². The summed E-state index contributed by atoms with van der Waals surface area (Å²) in [5.41, 5.74) is 5.64. The molecule has 1 unspecified atom stereocenters. The maximum atomic E-state index is 10.7. The number of nitro benzene ring substituents is 1. The van der Waals surface area contributed by atoms with Crippen molar-refractivity contribution < 1.29 is 14.8 Å². The van der Waals surface area contributed by atoms with Crippen LogP contribution in [0.5, 0.6) is 0 Å². The number of nitrogens with zero attached hydrogens (tertiary/aromatic N) is 1. The van der Waals surface area contributed by atoms with Crippen molar-refractivity contribution in [2.24, 2.45) is 5.73 Å². The molecule has 0 aromatic heterocycles. The van der Waals surface area contributed by atoms with Gasteiger partial charge in [0.1, 0.15) is 0 Å². The molecule has 1 aromatic carbocycles. The normalized spacial score (nSPS) is 12.1. The lowest BCUT2D eigenvalue weighted by Gasteiger charge is -2.10. The van der Waals surface area contributed by atoms with Gasteiger partial charge in [-0.1, -0.05) is 15.9 Å². The van der Waals surface area contributed by atoms with Crippen LogP contribution < -0.4 is 5.73 Å². The average Bonchev–Trinajstić information content (AvgIpc) is 2.15. The van der Waals surface area contributed by atoms with Crippen molar-refractivity contribution in [2.45, 2.75) is 12.5 Å². The van der Waals surface area contributed by atoms with E-state index in [1.54, 1.807) is 0 Å². The first-order valence-electron chi connectivity index (χ1n) is 4.33. The van der Waals surface area contributed by atoms with E-state index in [2.05, 4.69) is 15.9 Å². The van der Waals surface area contributed by atoms with Gasteiger partial charge in [-0.15, -0.1) is 0 Å². The number of nitrogens with two attached hydrogens (primary N) is 1. The highest BCUT2D eigenvalue weighted by molar-refractivity contribution is 9.10. The van der Waals surface area contributed by atoms with Gasteiger partial charge in [-0.25, -0.2) is 0 Å². The lowest BCUT2D eigenvalue weighted by atomic mass is 10.0. The monoisotopic (exact) mass is 288 g/mol. The van der Waals surface area contributed by atoms with E-state index in [1.807, 2.05) is 0 Å². The van der Waals surface area contributed by atoms with Crippen molar-refractivity contribution in [3.8, 4) is 0 Å². The van der Waals surface area contributed by atoms with Crippen LogP contribution in [0.1, 0.15) is 18.0 Å². The molecule has 6 nitrogen and oxygen atoms in total. The summed E-state index contributed by atoms with van der Waals surface area (Å²) in [5.74, 6) is -1.10. The molecule has 7 heteroatoms. The minimum atomic E-state index is -1.10. The van der Waals surface area contributed by atoms with Crippen LogP contribution in [0, 0.1) is 10.1 Å². The largest absolute Gasteiger partial charge is 0.481 e. The molecule has 16 heavy (non-hydrogen) atoms. The molecular weight excluding hydrogens is 280 g/mol. The average molecular weight is 289 g/mol. The van der Waals surface area contributed by atoms with E-state index < -0.39 is 16.9 Å². The summed E-state index contributed by atoms with van der Waals surface area (Å²) < 4.78 is 0.619. The number of aliphatic carboxylic acids is 1. The Morgan fingerprint density at radius 3 is 2.75 bits per heavy atom. The van der Waals surface area contributed by atoms with Gasteiger partial charge in [0.15, 0.2) is 0 Å². The molecule has 0 amide bonds. The van der Waals surface area contributed by atoms with Gasteiger partial charge in [0.25, 0.3) is 5.69 Å². The second kappa shape index (κ2) is 5.04. The minimum Gasteiger partial charge on any atom is -0.481 e. The number of hydrogen-bond donors (Lipinski definition) is 2. The molecule has 1 atom stereocenters. The van der Waals surface area contributed by atoms with E-state index >= 15 is 0 Å². The van der Waals surface area contributed by atoms with Crippen LogP contribution in [0.3, 0.4) is 0 Å². The smallest absolute Gasteiger partial charge is 0.305 e. The fourth-order valence-electron chi connectivity index (χ4n) is 1.29. The molecule has 86 valence electrons. The summed E-state index contributed by atoms with van der Waals surface area (Å²) in [6.07, 6.45) is -0.350. The maximum absolute atomic E-state index is 10.7. The van der Waals surface area contributed by atoms with Crippen molar-refractivity contribution in [1.29, 1.82) is 0 Å². The van der Waals surface area contributed by atoms with E-state index in [1.165, 1.54) is 18.2 Å². The minimum absolute atomic E-state index is 0.169. The third-order valence-corrected chi connectivity index (χ3v) is 2.47. The molecule has 0 saturated heterocycles. The van der Waals surface area contributed by atoms with Gasteiger partial charge in [0.05, 0.1) is 11.3 Å². The van der Waals surface area contributed by atoms with Crippen LogP contribution in [0.2, 0.25) is 0 Å². The quantitative estimate of drug-likeness (QED) is 0.649. The number of halogens is 1. The first-order chi connectivity index (χ1) is 7.41.